The normalized spacial score (nSPS) is 17.6. The van der Waals surface area contributed by atoms with Crippen LogP contribution in [0.2, 0.25) is 0 Å². The highest BCUT2D eigenvalue weighted by molar-refractivity contribution is 5.91. The zero-order valence-corrected chi connectivity index (χ0v) is 19.3. The molecule has 1 saturated heterocycles. The number of benzene rings is 1. The number of hydrogen-bond acceptors (Lipinski definition) is 5. The van der Waals surface area contributed by atoms with Crippen molar-refractivity contribution in [1.82, 2.24) is 4.90 Å². The molecule has 166 valence electrons. The van der Waals surface area contributed by atoms with Gasteiger partial charge < -0.3 is 9.47 Å². The van der Waals surface area contributed by atoms with E-state index >= 15 is 0 Å². The lowest BCUT2D eigenvalue weighted by molar-refractivity contribution is -0.155. The third-order valence-corrected chi connectivity index (χ3v) is 5.79. The van der Waals surface area contributed by atoms with Gasteiger partial charge in [-0.05, 0) is 76.6 Å². The van der Waals surface area contributed by atoms with Crippen LogP contribution in [0.1, 0.15) is 75.1 Å². The van der Waals surface area contributed by atoms with Crippen LogP contribution in [-0.2, 0) is 19.1 Å². The molecule has 30 heavy (non-hydrogen) atoms. The monoisotopic (exact) mass is 417 g/mol. The van der Waals surface area contributed by atoms with Crippen LogP contribution in [0.25, 0.3) is 0 Å². The van der Waals surface area contributed by atoms with Crippen LogP contribution in [0.15, 0.2) is 12.1 Å². The van der Waals surface area contributed by atoms with Crippen LogP contribution in [0, 0.1) is 20.8 Å². The van der Waals surface area contributed by atoms with Crippen molar-refractivity contribution in [1.29, 1.82) is 0 Å². The van der Waals surface area contributed by atoms with E-state index in [-0.39, 0.29) is 30.8 Å². The molecule has 0 aromatic heterocycles. The number of hydrogen-bond donors (Lipinski definition) is 0. The maximum absolute atomic E-state index is 13.4. The predicted octanol–water partition coefficient (Wildman–Crippen LogP) is 4.62. The van der Waals surface area contributed by atoms with Gasteiger partial charge in [0.05, 0.1) is 12.6 Å². The number of carbonyl (C=O) groups is 3. The fourth-order valence-corrected chi connectivity index (χ4v) is 3.80. The number of aryl methyl sites for hydroxylation is 1. The Morgan fingerprint density at radius 1 is 1.20 bits per heavy atom. The van der Waals surface area contributed by atoms with E-state index in [4.69, 9.17) is 9.47 Å². The number of nitrogens with zero attached hydrogens (tertiary/aromatic N) is 1. The van der Waals surface area contributed by atoms with Crippen molar-refractivity contribution < 1.29 is 23.9 Å². The Kier molecular flexibility index (Phi) is 7.67. The van der Waals surface area contributed by atoms with Gasteiger partial charge in [0.15, 0.2) is 5.78 Å². The number of rotatable bonds is 8. The van der Waals surface area contributed by atoms with Crippen molar-refractivity contribution >= 4 is 17.8 Å². The molecule has 2 unspecified atom stereocenters. The molecule has 0 spiro atoms. The molecule has 0 aliphatic carbocycles. The molecule has 0 saturated carbocycles. The van der Waals surface area contributed by atoms with Crippen LogP contribution in [-0.4, -0.2) is 47.5 Å². The fraction of sp³-hybridized carbons (Fsp3) is 0.625. The molecular formula is C24H35NO5. The highest BCUT2D eigenvalue weighted by Crippen LogP contribution is 2.30. The van der Waals surface area contributed by atoms with Gasteiger partial charge in [0.2, 0.25) is 0 Å². The summed E-state index contributed by atoms with van der Waals surface area (Å²) in [4.78, 5) is 39.3. The molecule has 1 heterocycles. The van der Waals surface area contributed by atoms with Gasteiger partial charge in [-0.1, -0.05) is 19.1 Å². The first kappa shape index (κ1) is 23.9. The minimum absolute atomic E-state index is 0.0112. The van der Waals surface area contributed by atoms with Crippen LogP contribution in [0.4, 0.5) is 4.79 Å². The summed E-state index contributed by atoms with van der Waals surface area (Å²) in [5.41, 5.74) is 3.68. The standard InChI is InChI=1S/C24H35NO5/c1-8-18-14-29-23(28)25(18)13-21(26)20(11-12-22(27)30-24(5,6)7)19-10-9-15(2)16(3)17(19)4/h9-10,18,20H,8,11-14H2,1-7H3. The summed E-state index contributed by atoms with van der Waals surface area (Å²) in [6, 6.07) is 3.88. The molecule has 0 bridgehead atoms. The first-order chi connectivity index (χ1) is 13.9. The Morgan fingerprint density at radius 3 is 2.47 bits per heavy atom. The lowest BCUT2D eigenvalue weighted by atomic mass is 9.84. The largest absolute Gasteiger partial charge is 0.460 e. The van der Waals surface area contributed by atoms with Gasteiger partial charge in [0.25, 0.3) is 0 Å². The van der Waals surface area contributed by atoms with E-state index in [9.17, 15) is 14.4 Å². The molecule has 1 amide bonds. The van der Waals surface area contributed by atoms with E-state index in [2.05, 4.69) is 0 Å². The maximum atomic E-state index is 13.4. The SMILES string of the molecule is CCC1COC(=O)N1CC(=O)C(CCC(=O)OC(C)(C)C)c1ccc(C)c(C)c1C. The Balaban J connectivity index is 2.27. The van der Waals surface area contributed by atoms with Gasteiger partial charge in [-0.3, -0.25) is 14.5 Å². The molecule has 0 N–H and O–H groups in total. The van der Waals surface area contributed by atoms with Crippen LogP contribution >= 0.6 is 0 Å². The Hall–Kier alpha value is -2.37. The summed E-state index contributed by atoms with van der Waals surface area (Å²) >= 11 is 0. The highest BCUT2D eigenvalue weighted by atomic mass is 16.6. The van der Waals surface area contributed by atoms with E-state index in [0.29, 0.717) is 13.0 Å². The van der Waals surface area contributed by atoms with Crippen molar-refractivity contribution in [2.75, 3.05) is 13.2 Å². The van der Waals surface area contributed by atoms with Gasteiger partial charge in [-0.15, -0.1) is 0 Å². The van der Waals surface area contributed by atoms with E-state index in [1.807, 2.05) is 60.6 Å². The van der Waals surface area contributed by atoms with Crippen molar-refractivity contribution in [3.8, 4) is 0 Å². The molecule has 1 fully saturated rings. The number of esters is 1. The number of cyclic esters (lactones) is 1. The second-order valence-electron chi connectivity index (χ2n) is 9.13. The van der Waals surface area contributed by atoms with E-state index in [1.54, 1.807) is 0 Å². The highest BCUT2D eigenvalue weighted by Gasteiger charge is 2.35. The first-order valence-corrected chi connectivity index (χ1v) is 10.7. The third-order valence-electron chi connectivity index (χ3n) is 5.79. The van der Waals surface area contributed by atoms with E-state index in [0.717, 1.165) is 28.7 Å². The van der Waals surface area contributed by atoms with Crippen LogP contribution in [0.3, 0.4) is 0 Å². The summed E-state index contributed by atoms with van der Waals surface area (Å²) in [5, 5.41) is 0. The van der Waals surface area contributed by atoms with E-state index in [1.165, 1.54) is 4.90 Å². The summed E-state index contributed by atoms with van der Waals surface area (Å²) in [6.07, 6.45) is 0.765. The molecule has 6 heteroatoms. The number of ketones is 1. The third kappa shape index (κ3) is 5.83. The van der Waals surface area contributed by atoms with Gasteiger partial charge >= 0.3 is 12.1 Å². The number of carbonyl (C=O) groups excluding carboxylic acids is 3. The number of Topliss-reactive ketones (excluding diaryl/α,β-unsaturated/α-hetero) is 1. The number of ether oxygens (including phenoxy) is 2. The Labute approximate surface area is 179 Å². The lowest BCUT2D eigenvalue weighted by Crippen LogP contribution is -2.39. The number of amides is 1. The van der Waals surface area contributed by atoms with Crippen molar-refractivity contribution in [2.24, 2.45) is 0 Å². The first-order valence-electron chi connectivity index (χ1n) is 10.7. The minimum Gasteiger partial charge on any atom is -0.460 e. The second-order valence-corrected chi connectivity index (χ2v) is 9.13. The second kappa shape index (κ2) is 9.63. The van der Waals surface area contributed by atoms with Gasteiger partial charge in [0, 0.05) is 12.3 Å². The maximum Gasteiger partial charge on any atom is 0.410 e. The van der Waals surface area contributed by atoms with Gasteiger partial charge in [0.1, 0.15) is 12.2 Å². The van der Waals surface area contributed by atoms with Gasteiger partial charge in [-0.25, -0.2) is 4.79 Å². The zero-order valence-electron chi connectivity index (χ0n) is 19.3. The lowest BCUT2D eigenvalue weighted by Gasteiger charge is -2.25. The molecule has 0 radical (unpaired) electrons. The van der Waals surface area contributed by atoms with Crippen molar-refractivity contribution in [3.63, 3.8) is 0 Å². The molecule has 2 atom stereocenters. The average Bonchev–Trinajstić information content (AvgIpc) is 2.99. The molecule has 1 aliphatic heterocycles. The average molecular weight is 418 g/mol. The Morgan fingerprint density at radius 2 is 1.87 bits per heavy atom. The molecular weight excluding hydrogens is 382 g/mol. The minimum atomic E-state index is -0.569. The molecule has 6 nitrogen and oxygen atoms in total. The molecule has 2 rings (SSSR count). The smallest absolute Gasteiger partial charge is 0.410 e. The van der Waals surface area contributed by atoms with Crippen LogP contribution in [0.5, 0.6) is 0 Å². The topological polar surface area (TPSA) is 72.9 Å². The van der Waals surface area contributed by atoms with Gasteiger partial charge in [-0.2, -0.15) is 0 Å². The summed E-state index contributed by atoms with van der Waals surface area (Å²) in [5.74, 6) is -0.890. The van der Waals surface area contributed by atoms with Crippen LogP contribution < -0.4 is 0 Å². The summed E-state index contributed by atoms with van der Waals surface area (Å²) in [7, 11) is 0. The quantitative estimate of drug-likeness (QED) is 0.577. The molecule has 1 aromatic rings. The summed E-state index contributed by atoms with van der Waals surface area (Å²) in [6.45, 7) is 13.8. The molecule has 1 aliphatic rings. The Bertz CT molecular complexity index is 809. The fourth-order valence-electron chi connectivity index (χ4n) is 3.80. The van der Waals surface area contributed by atoms with Crippen molar-refractivity contribution in [2.45, 2.75) is 85.3 Å². The zero-order chi connectivity index (χ0) is 22.6. The van der Waals surface area contributed by atoms with Crippen molar-refractivity contribution in [3.05, 3.63) is 34.4 Å². The predicted molar refractivity (Wildman–Crippen MR) is 116 cm³/mol. The summed E-state index contributed by atoms with van der Waals surface area (Å²) < 4.78 is 10.6. The molecule has 1 aromatic carbocycles. The van der Waals surface area contributed by atoms with E-state index < -0.39 is 17.6 Å².